The van der Waals surface area contributed by atoms with Gasteiger partial charge in [-0.3, -0.25) is 4.79 Å². The SMILES string of the molecule is CNCCN(C)C(=O)Cc1ccc(Cl)cc1Cl. The Morgan fingerprint density at radius 1 is 1.41 bits per heavy atom. The van der Waals surface area contributed by atoms with Crippen LogP contribution >= 0.6 is 23.2 Å². The summed E-state index contributed by atoms with van der Waals surface area (Å²) in [7, 11) is 3.64. The van der Waals surface area contributed by atoms with Crippen molar-refractivity contribution in [1.82, 2.24) is 10.2 Å². The summed E-state index contributed by atoms with van der Waals surface area (Å²) in [5, 5.41) is 4.11. The van der Waals surface area contributed by atoms with Crippen LogP contribution in [0.4, 0.5) is 0 Å². The second-order valence-corrected chi connectivity index (χ2v) is 4.67. The zero-order valence-corrected chi connectivity index (χ0v) is 11.5. The van der Waals surface area contributed by atoms with E-state index in [4.69, 9.17) is 23.2 Å². The van der Waals surface area contributed by atoms with Crippen molar-refractivity contribution in [1.29, 1.82) is 0 Å². The number of benzene rings is 1. The fraction of sp³-hybridized carbons (Fsp3) is 0.417. The van der Waals surface area contributed by atoms with Gasteiger partial charge in [-0.2, -0.15) is 0 Å². The van der Waals surface area contributed by atoms with Gasteiger partial charge < -0.3 is 10.2 Å². The van der Waals surface area contributed by atoms with Gasteiger partial charge in [-0.15, -0.1) is 0 Å². The lowest BCUT2D eigenvalue weighted by atomic mass is 10.1. The third-order valence-corrected chi connectivity index (χ3v) is 3.07. The number of carbonyl (C=O) groups is 1. The van der Waals surface area contributed by atoms with E-state index >= 15 is 0 Å². The van der Waals surface area contributed by atoms with E-state index in [0.717, 1.165) is 12.1 Å². The van der Waals surface area contributed by atoms with E-state index in [1.165, 1.54) is 0 Å². The van der Waals surface area contributed by atoms with Crippen LogP contribution in [0, 0.1) is 0 Å². The summed E-state index contributed by atoms with van der Waals surface area (Å²) in [6.45, 7) is 1.46. The van der Waals surface area contributed by atoms with Crippen molar-refractivity contribution in [3.63, 3.8) is 0 Å². The predicted octanol–water partition coefficient (Wildman–Crippen LogP) is 2.21. The largest absolute Gasteiger partial charge is 0.344 e. The van der Waals surface area contributed by atoms with Gasteiger partial charge in [0.05, 0.1) is 6.42 Å². The summed E-state index contributed by atoms with van der Waals surface area (Å²) in [6, 6.07) is 5.18. The highest BCUT2D eigenvalue weighted by Gasteiger charge is 2.11. The molecule has 0 bridgehead atoms. The molecule has 0 heterocycles. The molecule has 0 aliphatic heterocycles. The quantitative estimate of drug-likeness (QED) is 0.893. The van der Waals surface area contributed by atoms with Gasteiger partial charge in [0.25, 0.3) is 0 Å². The van der Waals surface area contributed by atoms with Crippen molar-refractivity contribution in [3.8, 4) is 0 Å². The van der Waals surface area contributed by atoms with Gasteiger partial charge in [0.15, 0.2) is 0 Å². The van der Waals surface area contributed by atoms with Crippen LogP contribution in [0.3, 0.4) is 0 Å². The smallest absolute Gasteiger partial charge is 0.226 e. The van der Waals surface area contributed by atoms with Crippen molar-refractivity contribution in [3.05, 3.63) is 33.8 Å². The molecule has 1 rings (SSSR count). The minimum Gasteiger partial charge on any atom is -0.344 e. The fourth-order valence-corrected chi connectivity index (χ4v) is 1.84. The second kappa shape index (κ2) is 6.84. The first-order valence-electron chi connectivity index (χ1n) is 5.37. The molecule has 0 atom stereocenters. The number of rotatable bonds is 5. The van der Waals surface area contributed by atoms with Crippen LogP contribution in [0.25, 0.3) is 0 Å². The molecule has 0 aliphatic carbocycles. The third-order valence-electron chi connectivity index (χ3n) is 2.48. The Morgan fingerprint density at radius 3 is 2.71 bits per heavy atom. The molecule has 0 spiro atoms. The molecule has 0 aliphatic rings. The van der Waals surface area contributed by atoms with Gasteiger partial charge in [-0.05, 0) is 24.7 Å². The van der Waals surface area contributed by atoms with Gasteiger partial charge in [0.1, 0.15) is 0 Å². The highest BCUT2D eigenvalue weighted by molar-refractivity contribution is 6.35. The predicted molar refractivity (Wildman–Crippen MR) is 71.7 cm³/mol. The Kier molecular flexibility index (Phi) is 5.75. The molecular formula is C12H16Cl2N2O. The highest BCUT2D eigenvalue weighted by Crippen LogP contribution is 2.21. The molecule has 0 unspecified atom stereocenters. The average Bonchev–Trinajstić information content (AvgIpc) is 2.29. The minimum atomic E-state index is 0.0458. The average molecular weight is 275 g/mol. The van der Waals surface area contributed by atoms with E-state index < -0.39 is 0 Å². The van der Waals surface area contributed by atoms with Crippen molar-refractivity contribution in [2.24, 2.45) is 0 Å². The third kappa shape index (κ3) is 4.54. The lowest BCUT2D eigenvalue weighted by molar-refractivity contribution is -0.129. The van der Waals surface area contributed by atoms with E-state index in [-0.39, 0.29) is 5.91 Å². The lowest BCUT2D eigenvalue weighted by Gasteiger charge is -2.17. The summed E-state index contributed by atoms with van der Waals surface area (Å²) in [6.07, 6.45) is 0.302. The monoisotopic (exact) mass is 274 g/mol. The van der Waals surface area contributed by atoms with E-state index in [0.29, 0.717) is 23.0 Å². The molecule has 0 fully saturated rings. The number of nitrogens with zero attached hydrogens (tertiary/aromatic N) is 1. The number of halogens is 2. The van der Waals surface area contributed by atoms with Crippen LogP contribution in [-0.4, -0.2) is 38.0 Å². The molecule has 1 N–H and O–H groups in total. The zero-order valence-electron chi connectivity index (χ0n) is 9.96. The number of nitrogens with one attached hydrogen (secondary N) is 1. The van der Waals surface area contributed by atoms with Crippen LogP contribution in [0.2, 0.25) is 10.0 Å². The van der Waals surface area contributed by atoms with Crippen LogP contribution < -0.4 is 5.32 Å². The number of hydrogen-bond acceptors (Lipinski definition) is 2. The Labute approximate surface area is 112 Å². The molecule has 3 nitrogen and oxygen atoms in total. The summed E-state index contributed by atoms with van der Waals surface area (Å²) >= 11 is 11.8. The fourth-order valence-electron chi connectivity index (χ4n) is 1.37. The van der Waals surface area contributed by atoms with Crippen LogP contribution in [0.15, 0.2) is 18.2 Å². The van der Waals surface area contributed by atoms with Crippen LogP contribution in [-0.2, 0) is 11.2 Å². The molecule has 94 valence electrons. The van der Waals surface area contributed by atoms with E-state index in [9.17, 15) is 4.79 Å². The van der Waals surface area contributed by atoms with Gasteiger partial charge in [-0.25, -0.2) is 0 Å². The highest BCUT2D eigenvalue weighted by atomic mass is 35.5. The van der Waals surface area contributed by atoms with Gasteiger partial charge in [-0.1, -0.05) is 29.3 Å². The topological polar surface area (TPSA) is 32.3 Å². The van der Waals surface area contributed by atoms with Gasteiger partial charge in [0.2, 0.25) is 5.91 Å². The number of likely N-dealkylation sites (N-methyl/N-ethyl adjacent to an activating group) is 2. The maximum Gasteiger partial charge on any atom is 0.226 e. The summed E-state index contributed by atoms with van der Waals surface area (Å²) in [4.78, 5) is 13.5. The Balaban J connectivity index is 2.61. The molecule has 17 heavy (non-hydrogen) atoms. The first-order chi connectivity index (χ1) is 8.04. The van der Waals surface area contributed by atoms with Crippen molar-refractivity contribution >= 4 is 29.1 Å². The minimum absolute atomic E-state index is 0.0458. The summed E-state index contributed by atoms with van der Waals surface area (Å²) in [5.74, 6) is 0.0458. The van der Waals surface area contributed by atoms with E-state index in [2.05, 4.69) is 5.32 Å². The number of carbonyl (C=O) groups excluding carboxylic acids is 1. The second-order valence-electron chi connectivity index (χ2n) is 3.83. The normalized spacial score (nSPS) is 10.4. The molecular weight excluding hydrogens is 259 g/mol. The van der Waals surface area contributed by atoms with Crippen molar-refractivity contribution in [2.75, 3.05) is 27.2 Å². The van der Waals surface area contributed by atoms with Crippen LogP contribution in [0.5, 0.6) is 0 Å². The lowest BCUT2D eigenvalue weighted by Crippen LogP contribution is -2.33. The van der Waals surface area contributed by atoms with Crippen LogP contribution in [0.1, 0.15) is 5.56 Å². The Bertz CT molecular complexity index is 396. The van der Waals surface area contributed by atoms with Gasteiger partial charge >= 0.3 is 0 Å². The molecule has 0 radical (unpaired) electrons. The molecule has 0 saturated carbocycles. The molecule has 0 saturated heterocycles. The number of hydrogen-bond donors (Lipinski definition) is 1. The zero-order chi connectivity index (χ0) is 12.8. The maximum absolute atomic E-state index is 11.9. The Morgan fingerprint density at radius 2 is 2.12 bits per heavy atom. The maximum atomic E-state index is 11.9. The first kappa shape index (κ1) is 14.3. The number of amides is 1. The summed E-state index contributed by atoms with van der Waals surface area (Å²) < 4.78 is 0. The van der Waals surface area contributed by atoms with E-state index in [1.807, 2.05) is 7.05 Å². The molecule has 1 aromatic carbocycles. The van der Waals surface area contributed by atoms with Gasteiger partial charge in [0, 0.05) is 30.2 Å². The van der Waals surface area contributed by atoms with Crippen molar-refractivity contribution in [2.45, 2.75) is 6.42 Å². The van der Waals surface area contributed by atoms with E-state index in [1.54, 1.807) is 30.1 Å². The first-order valence-corrected chi connectivity index (χ1v) is 6.12. The standard InChI is InChI=1S/C12H16Cl2N2O/c1-15-5-6-16(2)12(17)7-9-3-4-10(13)8-11(9)14/h3-4,8,15H,5-7H2,1-2H3. The molecule has 0 aromatic heterocycles. The van der Waals surface area contributed by atoms with Crippen molar-refractivity contribution < 1.29 is 4.79 Å². The summed E-state index contributed by atoms with van der Waals surface area (Å²) in [5.41, 5.74) is 0.803. The molecule has 5 heteroatoms. The molecule has 1 aromatic rings. The molecule has 1 amide bonds. The Hall–Kier alpha value is -0.770.